The van der Waals surface area contributed by atoms with Gasteiger partial charge in [-0.2, -0.15) is 0 Å². The minimum atomic E-state index is 0.229. The summed E-state index contributed by atoms with van der Waals surface area (Å²) in [5.74, 6) is 2.21. The highest BCUT2D eigenvalue weighted by Gasteiger charge is 2.25. The van der Waals surface area contributed by atoms with Crippen LogP contribution in [0.15, 0.2) is 48.5 Å². The van der Waals surface area contributed by atoms with E-state index in [1.54, 1.807) is 6.92 Å². The Morgan fingerprint density at radius 2 is 1.79 bits per heavy atom. The molecule has 2 aromatic carbocycles. The van der Waals surface area contributed by atoms with Crippen LogP contribution in [0, 0.1) is 0 Å². The van der Waals surface area contributed by atoms with Gasteiger partial charge in [0.1, 0.15) is 17.6 Å². The number of carbonyl (C=O) groups is 1. The molecule has 2 aliphatic rings. The number of hydrogen-bond acceptors (Lipinski definition) is 3. The van der Waals surface area contributed by atoms with E-state index in [0.717, 1.165) is 31.2 Å². The summed E-state index contributed by atoms with van der Waals surface area (Å²) < 4.78 is 6.22. The van der Waals surface area contributed by atoms with Crippen molar-refractivity contribution in [1.82, 2.24) is 0 Å². The molecule has 28 heavy (non-hydrogen) atoms. The highest BCUT2D eigenvalue weighted by atomic mass is 16.5. The van der Waals surface area contributed by atoms with Gasteiger partial charge in [-0.3, -0.25) is 0 Å². The summed E-state index contributed by atoms with van der Waals surface area (Å²) in [4.78, 5) is 13.7. The maximum absolute atomic E-state index is 11.3. The van der Waals surface area contributed by atoms with Crippen molar-refractivity contribution in [1.29, 1.82) is 0 Å². The highest BCUT2D eigenvalue weighted by molar-refractivity contribution is 5.76. The Bertz CT molecular complexity index is 792. The molecule has 0 aromatic heterocycles. The second kappa shape index (κ2) is 8.38. The van der Waals surface area contributed by atoms with Crippen LogP contribution in [0.1, 0.15) is 68.9 Å². The Hall–Kier alpha value is -2.29. The van der Waals surface area contributed by atoms with Gasteiger partial charge in [-0.15, -0.1) is 0 Å². The molecule has 1 aliphatic carbocycles. The number of anilines is 1. The normalized spacial score (nSPS) is 20.6. The van der Waals surface area contributed by atoms with Crippen molar-refractivity contribution < 1.29 is 9.53 Å². The van der Waals surface area contributed by atoms with Crippen molar-refractivity contribution in [2.75, 3.05) is 18.0 Å². The van der Waals surface area contributed by atoms with Crippen LogP contribution in [-0.4, -0.2) is 25.0 Å². The van der Waals surface area contributed by atoms with Crippen LogP contribution in [0.3, 0.4) is 0 Å². The van der Waals surface area contributed by atoms with Gasteiger partial charge < -0.3 is 14.4 Å². The van der Waals surface area contributed by atoms with Gasteiger partial charge in [-0.05, 0) is 67.0 Å². The molecule has 0 spiro atoms. The number of hydrogen-bond donors (Lipinski definition) is 0. The lowest BCUT2D eigenvalue weighted by Crippen LogP contribution is -2.24. The first kappa shape index (κ1) is 19.0. The molecule has 2 aromatic rings. The number of nitrogens with zero attached hydrogens (tertiary/aromatic N) is 1. The molecule has 0 radical (unpaired) electrons. The number of Topliss-reactive ketones (excluding diaryl/α,β-unsaturated/α-hetero) is 1. The van der Waals surface area contributed by atoms with Crippen LogP contribution < -0.4 is 9.64 Å². The van der Waals surface area contributed by atoms with Crippen LogP contribution in [0.4, 0.5) is 5.69 Å². The molecule has 3 heteroatoms. The Balaban J connectivity index is 1.31. The minimum absolute atomic E-state index is 0.229. The van der Waals surface area contributed by atoms with Gasteiger partial charge in [0, 0.05) is 25.1 Å². The monoisotopic (exact) mass is 377 g/mol. The molecule has 0 N–H and O–H groups in total. The van der Waals surface area contributed by atoms with E-state index in [2.05, 4.69) is 48.2 Å². The van der Waals surface area contributed by atoms with Crippen molar-refractivity contribution in [3.05, 3.63) is 59.7 Å². The fourth-order valence-electron chi connectivity index (χ4n) is 4.37. The molecular weight excluding hydrogens is 346 g/mol. The van der Waals surface area contributed by atoms with Crippen molar-refractivity contribution in [2.24, 2.45) is 0 Å². The van der Waals surface area contributed by atoms with Gasteiger partial charge in [0.15, 0.2) is 0 Å². The molecule has 4 rings (SSSR count). The van der Waals surface area contributed by atoms with E-state index in [1.807, 2.05) is 12.1 Å². The summed E-state index contributed by atoms with van der Waals surface area (Å²) in [5.41, 5.74) is 4.01. The van der Waals surface area contributed by atoms with Crippen molar-refractivity contribution in [3.8, 4) is 5.75 Å². The smallest absolute Gasteiger partial charge is 0.130 e. The summed E-state index contributed by atoms with van der Waals surface area (Å²) >= 11 is 0. The lowest BCUT2D eigenvalue weighted by Gasteiger charge is -2.26. The number of ether oxygens (including phenoxy) is 1. The molecule has 3 nitrogen and oxygen atoms in total. The van der Waals surface area contributed by atoms with Crippen LogP contribution in [0.25, 0.3) is 0 Å². The molecule has 148 valence electrons. The van der Waals surface area contributed by atoms with Crippen LogP contribution in [-0.2, 0) is 4.79 Å². The van der Waals surface area contributed by atoms with E-state index in [0.29, 0.717) is 6.42 Å². The van der Waals surface area contributed by atoms with Gasteiger partial charge in [-0.25, -0.2) is 0 Å². The van der Waals surface area contributed by atoms with E-state index >= 15 is 0 Å². The van der Waals surface area contributed by atoms with Crippen molar-refractivity contribution >= 4 is 11.5 Å². The van der Waals surface area contributed by atoms with Crippen molar-refractivity contribution in [2.45, 2.75) is 63.9 Å². The number of ketones is 1. The molecule has 2 atom stereocenters. The standard InChI is InChI=1S/C25H31NO2/c1-18(16-19(2)27)20-8-12-24(13-9-20)28-25-14-15-26(17-25)23-10-6-22(7-11-23)21-4-3-5-21/h6-13,18,21,25H,3-5,14-17H2,1-2H3/t18-,25?/m1/s1. The quantitative estimate of drug-likeness (QED) is 0.620. The van der Waals surface area contributed by atoms with Gasteiger partial charge >= 0.3 is 0 Å². The third-order valence-electron chi connectivity index (χ3n) is 6.33. The minimum Gasteiger partial charge on any atom is -0.489 e. The first-order valence-corrected chi connectivity index (χ1v) is 10.7. The lowest BCUT2D eigenvalue weighted by atomic mass is 9.80. The molecule has 1 saturated carbocycles. The number of benzene rings is 2. The molecular formula is C25H31NO2. The van der Waals surface area contributed by atoms with E-state index in [1.165, 1.54) is 36.1 Å². The van der Waals surface area contributed by atoms with Crippen LogP contribution in [0.5, 0.6) is 5.75 Å². The van der Waals surface area contributed by atoms with E-state index in [-0.39, 0.29) is 17.8 Å². The Morgan fingerprint density at radius 1 is 1.07 bits per heavy atom. The summed E-state index contributed by atoms with van der Waals surface area (Å²) in [6.07, 6.45) is 5.96. The van der Waals surface area contributed by atoms with Crippen molar-refractivity contribution in [3.63, 3.8) is 0 Å². The Labute approximate surface area is 168 Å². The van der Waals surface area contributed by atoms with E-state index < -0.39 is 0 Å². The van der Waals surface area contributed by atoms with E-state index in [4.69, 9.17) is 4.74 Å². The zero-order chi connectivity index (χ0) is 19.5. The molecule has 1 aliphatic heterocycles. The Morgan fingerprint density at radius 3 is 2.39 bits per heavy atom. The first-order valence-electron chi connectivity index (χ1n) is 10.7. The molecule has 2 fully saturated rings. The van der Waals surface area contributed by atoms with Crippen LogP contribution >= 0.6 is 0 Å². The third-order valence-corrected chi connectivity index (χ3v) is 6.33. The highest BCUT2D eigenvalue weighted by Crippen LogP contribution is 2.37. The molecule has 1 heterocycles. The fraction of sp³-hybridized carbons (Fsp3) is 0.480. The molecule has 0 amide bonds. The molecule has 1 unspecified atom stereocenters. The van der Waals surface area contributed by atoms with Gasteiger partial charge in [-0.1, -0.05) is 37.6 Å². The largest absolute Gasteiger partial charge is 0.489 e. The van der Waals surface area contributed by atoms with Gasteiger partial charge in [0.05, 0.1) is 6.54 Å². The zero-order valence-corrected chi connectivity index (χ0v) is 17.1. The molecule has 0 bridgehead atoms. The van der Waals surface area contributed by atoms with E-state index in [9.17, 15) is 4.79 Å². The zero-order valence-electron chi connectivity index (χ0n) is 17.1. The summed E-state index contributed by atoms with van der Waals surface area (Å²) in [6, 6.07) is 17.5. The predicted molar refractivity (Wildman–Crippen MR) is 114 cm³/mol. The predicted octanol–water partition coefficient (Wildman–Crippen LogP) is 5.69. The first-order chi connectivity index (χ1) is 13.6. The SMILES string of the molecule is CC(=O)C[C@@H](C)c1ccc(OC2CCN(c3ccc(C4CCC4)cc3)C2)cc1. The summed E-state index contributed by atoms with van der Waals surface area (Å²) in [7, 11) is 0. The topological polar surface area (TPSA) is 29.5 Å². The maximum atomic E-state index is 11.3. The third kappa shape index (κ3) is 4.40. The fourth-order valence-corrected chi connectivity index (χ4v) is 4.37. The van der Waals surface area contributed by atoms with Crippen LogP contribution in [0.2, 0.25) is 0 Å². The second-order valence-corrected chi connectivity index (χ2v) is 8.57. The average Bonchev–Trinajstić information content (AvgIpc) is 3.09. The lowest BCUT2D eigenvalue weighted by molar-refractivity contribution is -0.117. The summed E-state index contributed by atoms with van der Waals surface area (Å²) in [6.45, 7) is 5.73. The van der Waals surface area contributed by atoms with Gasteiger partial charge in [0.25, 0.3) is 0 Å². The second-order valence-electron chi connectivity index (χ2n) is 8.57. The Kier molecular flexibility index (Phi) is 5.70. The summed E-state index contributed by atoms with van der Waals surface area (Å²) in [5, 5.41) is 0. The average molecular weight is 378 g/mol. The number of rotatable bonds is 7. The van der Waals surface area contributed by atoms with Gasteiger partial charge in [0.2, 0.25) is 0 Å². The molecule has 1 saturated heterocycles. The number of carbonyl (C=O) groups excluding carboxylic acids is 1. The maximum Gasteiger partial charge on any atom is 0.130 e.